The van der Waals surface area contributed by atoms with Gasteiger partial charge in [0, 0.05) is 17.3 Å². The molecule has 1 heterocycles. The molecule has 0 fully saturated rings. The highest BCUT2D eigenvalue weighted by Gasteiger charge is 2.15. The number of hydrogen-bond donors (Lipinski definition) is 1. The van der Waals surface area contributed by atoms with Gasteiger partial charge in [0.1, 0.15) is 23.4 Å². The maximum atomic E-state index is 13.6. The molecule has 1 unspecified atom stereocenters. The minimum Gasteiger partial charge on any atom is -0.463 e. The van der Waals surface area contributed by atoms with Crippen molar-refractivity contribution in [1.29, 1.82) is 0 Å². The van der Waals surface area contributed by atoms with Gasteiger partial charge in [0.15, 0.2) is 0 Å². The van der Waals surface area contributed by atoms with E-state index in [1.807, 2.05) is 13.0 Å². The third-order valence-corrected chi connectivity index (χ3v) is 3.27. The van der Waals surface area contributed by atoms with Gasteiger partial charge in [0.05, 0.1) is 0 Å². The van der Waals surface area contributed by atoms with Crippen LogP contribution in [0, 0.1) is 5.82 Å². The maximum Gasteiger partial charge on any atom is 0.133 e. The predicted molar refractivity (Wildman–Crippen MR) is 70.8 cm³/mol. The van der Waals surface area contributed by atoms with Crippen LogP contribution in [0.5, 0.6) is 0 Å². The van der Waals surface area contributed by atoms with E-state index < -0.39 is 6.10 Å². The molecule has 0 saturated carbocycles. The van der Waals surface area contributed by atoms with E-state index in [9.17, 15) is 9.50 Å². The molecule has 18 heavy (non-hydrogen) atoms. The van der Waals surface area contributed by atoms with E-state index in [-0.39, 0.29) is 12.2 Å². The number of aliphatic hydroxyl groups excluding tert-OH is 1. The Balaban J connectivity index is 2.15. The fourth-order valence-electron chi connectivity index (χ4n) is 1.77. The first-order valence-electron chi connectivity index (χ1n) is 5.80. The van der Waals surface area contributed by atoms with Gasteiger partial charge in [0.2, 0.25) is 0 Å². The molecule has 0 saturated heterocycles. The summed E-state index contributed by atoms with van der Waals surface area (Å²) in [6.07, 6.45) is 0.147. The lowest BCUT2D eigenvalue weighted by Gasteiger charge is -2.09. The largest absolute Gasteiger partial charge is 0.463 e. The van der Waals surface area contributed by atoms with Gasteiger partial charge >= 0.3 is 0 Å². The zero-order valence-electron chi connectivity index (χ0n) is 9.99. The van der Waals surface area contributed by atoms with E-state index in [1.165, 1.54) is 6.07 Å². The SMILES string of the molecule is CCc1ccc(C(O)Cc2cc(Br)ccc2F)o1. The first-order chi connectivity index (χ1) is 8.60. The topological polar surface area (TPSA) is 33.4 Å². The molecule has 2 rings (SSSR count). The number of rotatable bonds is 4. The summed E-state index contributed by atoms with van der Waals surface area (Å²) in [4.78, 5) is 0. The Bertz CT molecular complexity index is 536. The number of benzene rings is 1. The van der Waals surface area contributed by atoms with E-state index in [1.54, 1.807) is 18.2 Å². The molecular formula is C14H14BrFO2. The third-order valence-electron chi connectivity index (χ3n) is 2.78. The molecule has 0 aliphatic heterocycles. The Labute approximate surface area is 114 Å². The number of furan rings is 1. The summed E-state index contributed by atoms with van der Waals surface area (Å²) >= 11 is 3.29. The summed E-state index contributed by atoms with van der Waals surface area (Å²) in [5.74, 6) is 0.976. The van der Waals surface area contributed by atoms with E-state index in [0.29, 0.717) is 11.3 Å². The summed E-state index contributed by atoms with van der Waals surface area (Å²) in [6.45, 7) is 1.98. The fourth-order valence-corrected chi connectivity index (χ4v) is 2.18. The van der Waals surface area contributed by atoms with Crippen LogP contribution in [0.25, 0.3) is 0 Å². The van der Waals surface area contributed by atoms with Gasteiger partial charge in [0.25, 0.3) is 0 Å². The summed E-state index contributed by atoms with van der Waals surface area (Å²) in [7, 11) is 0. The van der Waals surface area contributed by atoms with Gasteiger partial charge in [-0.2, -0.15) is 0 Å². The van der Waals surface area contributed by atoms with Crippen LogP contribution >= 0.6 is 15.9 Å². The van der Waals surface area contributed by atoms with Crippen molar-refractivity contribution in [3.63, 3.8) is 0 Å². The second kappa shape index (κ2) is 5.67. The van der Waals surface area contributed by atoms with Gasteiger partial charge < -0.3 is 9.52 Å². The highest BCUT2D eigenvalue weighted by Crippen LogP contribution is 2.24. The zero-order chi connectivity index (χ0) is 13.1. The van der Waals surface area contributed by atoms with Gasteiger partial charge in [-0.15, -0.1) is 0 Å². The van der Waals surface area contributed by atoms with E-state index in [4.69, 9.17) is 4.42 Å². The van der Waals surface area contributed by atoms with Crippen LogP contribution in [-0.4, -0.2) is 5.11 Å². The molecule has 0 aliphatic rings. The minimum absolute atomic E-state index is 0.196. The van der Waals surface area contributed by atoms with E-state index >= 15 is 0 Å². The molecule has 1 aromatic carbocycles. The van der Waals surface area contributed by atoms with E-state index in [2.05, 4.69) is 15.9 Å². The van der Waals surface area contributed by atoms with Crippen LogP contribution in [0.2, 0.25) is 0 Å². The van der Waals surface area contributed by atoms with Gasteiger partial charge in [-0.1, -0.05) is 22.9 Å². The molecule has 96 valence electrons. The molecular weight excluding hydrogens is 299 g/mol. The zero-order valence-corrected chi connectivity index (χ0v) is 11.6. The Morgan fingerprint density at radius 3 is 2.78 bits per heavy atom. The number of halogens is 2. The van der Waals surface area contributed by atoms with Crippen molar-refractivity contribution < 1.29 is 13.9 Å². The highest BCUT2D eigenvalue weighted by atomic mass is 79.9. The van der Waals surface area contributed by atoms with Crippen molar-refractivity contribution >= 4 is 15.9 Å². The van der Waals surface area contributed by atoms with Crippen molar-refractivity contribution in [3.8, 4) is 0 Å². The molecule has 1 atom stereocenters. The molecule has 0 spiro atoms. The van der Waals surface area contributed by atoms with Crippen LogP contribution < -0.4 is 0 Å². The fraction of sp³-hybridized carbons (Fsp3) is 0.286. The quantitative estimate of drug-likeness (QED) is 0.925. The predicted octanol–water partition coefficient (Wildman–Crippen LogP) is 4.02. The molecule has 1 aromatic heterocycles. The van der Waals surface area contributed by atoms with Crippen molar-refractivity contribution in [2.45, 2.75) is 25.9 Å². The molecule has 4 heteroatoms. The summed E-state index contributed by atoms with van der Waals surface area (Å²) in [5.41, 5.74) is 0.464. The average molecular weight is 313 g/mol. The molecule has 0 radical (unpaired) electrons. The van der Waals surface area contributed by atoms with Crippen molar-refractivity contribution in [2.75, 3.05) is 0 Å². The molecule has 0 bridgehead atoms. The lowest BCUT2D eigenvalue weighted by atomic mass is 10.1. The van der Waals surface area contributed by atoms with Crippen LogP contribution in [-0.2, 0) is 12.8 Å². The van der Waals surface area contributed by atoms with Crippen LogP contribution in [0.3, 0.4) is 0 Å². The Hall–Kier alpha value is -1.13. The standard InChI is InChI=1S/C14H14BrFO2/c1-2-11-4-6-14(18-11)13(17)8-9-7-10(15)3-5-12(9)16/h3-7,13,17H,2,8H2,1H3. The van der Waals surface area contributed by atoms with Crippen molar-refractivity contribution in [1.82, 2.24) is 0 Å². The smallest absolute Gasteiger partial charge is 0.133 e. The number of aliphatic hydroxyl groups is 1. The molecule has 2 aromatic rings. The molecule has 0 amide bonds. The molecule has 0 aliphatic carbocycles. The summed E-state index contributed by atoms with van der Waals surface area (Å²) in [6, 6.07) is 8.25. The Morgan fingerprint density at radius 1 is 1.33 bits per heavy atom. The maximum absolute atomic E-state index is 13.6. The Kier molecular flexibility index (Phi) is 4.19. The number of aryl methyl sites for hydroxylation is 1. The van der Waals surface area contributed by atoms with E-state index in [0.717, 1.165) is 16.7 Å². The summed E-state index contributed by atoms with van der Waals surface area (Å²) in [5, 5.41) is 10.0. The minimum atomic E-state index is -0.825. The van der Waals surface area contributed by atoms with Gasteiger partial charge in [-0.25, -0.2) is 4.39 Å². The second-order valence-electron chi connectivity index (χ2n) is 4.11. The second-order valence-corrected chi connectivity index (χ2v) is 5.03. The normalized spacial score (nSPS) is 12.7. The van der Waals surface area contributed by atoms with Crippen LogP contribution in [0.1, 0.15) is 30.1 Å². The first kappa shape index (κ1) is 13.3. The molecule has 1 N–H and O–H groups in total. The van der Waals surface area contributed by atoms with Crippen LogP contribution in [0.15, 0.2) is 39.2 Å². The van der Waals surface area contributed by atoms with Crippen molar-refractivity contribution in [3.05, 3.63) is 57.7 Å². The average Bonchev–Trinajstić information content (AvgIpc) is 2.82. The van der Waals surface area contributed by atoms with Crippen molar-refractivity contribution in [2.24, 2.45) is 0 Å². The monoisotopic (exact) mass is 312 g/mol. The number of hydrogen-bond acceptors (Lipinski definition) is 2. The van der Waals surface area contributed by atoms with Crippen LogP contribution in [0.4, 0.5) is 4.39 Å². The summed E-state index contributed by atoms with van der Waals surface area (Å²) < 4.78 is 19.8. The highest BCUT2D eigenvalue weighted by molar-refractivity contribution is 9.10. The Morgan fingerprint density at radius 2 is 2.11 bits per heavy atom. The lowest BCUT2D eigenvalue weighted by Crippen LogP contribution is -2.02. The molecule has 2 nitrogen and oxygen atoms in total. The third kappa shape index (κ3) is 3.00. The lowest BCUT2D eigenvalue weighted by molar-refractivity contribution is 0.147. The van der Waals surface area contributed by atoms with Gasteiger partial charge in [-0.05, 0) is 35.9 Å². The first-order valence-corrected chi connectivity index (χ1v) is 6.60. The van der Waals surface area contributed by atoms with Gasteiger partial charge in [-0.3, -0.25) is 0 Å².